The second kappa shape index (κ2) is 6.49. The normalized spacial score (nSPS) is 20.4. The van der Waals surface area contributed by atoms with E-state index in [9.17, 15) is 18.4 Å². The smallest absolute Gasteiger partial charge is 0.265 e. The molecule has 4 nitrogen and oxygen atoms in total. The first-order valence-corrected chi connectivity index (χ1v) is 8.44. The van der Waals surface area contributed by atoms with Gasteiger partial charge in [0.1, 0.15) is 0 Å². The molecule has 130 valence electrons. The Bertz CT molecular complexity index is 656. The Labute approximate surface area is 140 Å². The second-order valence-electron chi connectivity index (χ2n) is 6.83. The Morgan fingerprint density at radius 2 is 2.00 bits per heavy atom. The first kappa shape index (κ1) is 16.9. The van der Waals surface area contributed by atoms with Gasteiger partial charge in [-0.05, 0) is 43.9 Å². The fourth-order valence-electron chi connectivity index (χ4n) is 3.12. The number of piperidine rings is 1. The van der Waals surface area contributed by atoms with E-state index in [0.29, 0.717) is 24.2 Å². The maximum atomic E-state index is 13.5. The highest BCUT2D eigenvalue weighted by Gasteiger charge is 2.37. The number of rotatable bonds is 3. The standard InChI is InChI=1S/C18H22F2N2O2/c1-12-6-7-14(10-15(12)21-16(23)13-4-2-5-13)17(24)22-9-3-8-18(19,20)11-22/h6-7,10,13H,2-5,8-9,11H2,1H3,(H,21,23). The fourth-order valence-corrected chi connectivity index (χ4v) is 3.12. The number of alkyl halides is 2. The monoisotopic (exact) mass is 336 g/mol. The minimum atomic E-state index is -2.82. The number of benzene rings is 1. The number of halogens is 2. The number of carbonyl (C=O) groups excluding carboxylic acids is 2. The van der Waals surface area contributed by atoms with Crippen LogP contribution >= 0.6 is 0 Å². The van der Waals surface area contributed by atoms with Crippen molar-refractivity contribution >= 4 is 17.5 Å². The Balaban J connectivity index is 1.74. The van der Waals surface area contributed by atoms with Crippen molar-refractivity contribution in [3.05, 3.63) is 29.3 Å². The van der Waals surface area contributed by atoms with Gasteiger partial charge in [0.15, 0.2) is 0 Å². The predicted octanol–water partition coefficient (Wildman–Crippen LogP) is 3.60. The summed E-state index contributed by atoms with van der Waals surface area (Å²) in [5.41, 5.74) is 1.77. The summed E-state index contributed by atoms with van der Waals surface area (Å²) in [5, 5.41) is 2.87. The number of hydrogen-bond donors (Lipinski definition) is 1. The molecule has 3 rings (SSSR count). The summed E-state index contributed by atoms with van der Waals surface area (Å²) in [4.78, 5) is 25.8. The molecule has 6 heteroatoms. The number of nitrogens with one attached hydrogen (secondary N) is 1. The Kier molecular flexibility index (Phi) is 4.56. The third-order valence-electron chi connectivity index (χ3n) is 4.90. The minimum Gasteiger partial charge on any atom is -0.333 e. The van der Waals surface area contributed by atoms with Gasteiger partial charge in [0.25, 0.3) is 11.8 Å². The molecule has 0 bridgehead atoms. The quantitative estimate of drug-likeness (QED) is 0.917. The lowest BCUT2D eigenvalue weighted by molar-refractivity contribution is -0.122. The summed E-state index contributed by atoms with van der Waals surface area (Å²) >= 11 is 0. The van der Waals surface area contributed by atoms with Gasteiger partial charge in [-0.2, -0.15) is 0 Å². The highest BCUT2D eigenvalue weighted by molar-refractivity contribution is 5.98. The van der Waals surface area contributed by atoms with Gasteiger partial charge in [-0.25, -0.2) is 8.78 Å². The van der Waals surface area contributed by atoms with Gasteiger partial charge < -0.3 is 10.2 Å². The number of amides is 2. The van der Waals surface area contributed by atoms with Gasteiger partial charge in [0, 0.05) is 30.1 Å². The SMILES string of the molecule is Cc1ccc(C(=O)N2CCCC(F)(F)C2)cc1NC(=O)C1CCC1. The summed E-state index contributed by atoms with van der Waals surface area (Å²) in [5.74, 6) is -3.21. The van der Waals surface area contributed by atoms with Crippen LogP contribution in [-0.2, 0) is 4.79 Å². The van der Waals surface area contributed by atoms with Crippen LogP contribution in [0.5, 0.6) is 0 Å². The lowest BCUT2D eigenvalue weighted by Crippen LogP contribution is -2.45. The molecule has 2 amide bonds. The van der Waals surface area contributed by atoms with E-state index in [1.54, 1.807) is 18.2 Å². The van der Waals surface area contributed by atoms with Gasteiger partial charge in [-0.15, -0.1) is 0 Å². The molecule has 2 aliphatic rings. The number of aryl methyl sites for hydroxylation is 1. The van der Waals surface area contributed by atoms with E-state index in [1.807, 2.05) is 6.92 Å². The third-order valence-corrected chi connectivity index (χ3v) is 4.90. The predicted molar refractivity (Wildman–Crippen MR) is 87.2 cm³/mol. The molecular weight excluding hydrogens is 314 g/mol. The van der Waals surface area contributed by atoms with Crippen LogP contribution in [0.3, 0.4) is 0 Å². The van der Waals surface area contributed by atoms with Crippen LogP contribution in [0.1, 0.15) is 48.0 Å². The molecule has 1 aromatic carbocycles. The van der Waals surface area contributed by atoms with Crippen LogP contribution in [0.2, 0.25) is 0 Å². The highest BCUT2D eigenvalue weighted by atomic mass is 19.3. The molecule has 1 saturated heterocycles. The fraction of sp³-hybridized carbons (Fsp3) is 0.556. The summed E-state index contributed by atoms with van der Waals surface area (Å²) in [6.07, 6.45) is 2.99. The van der Waals surface area contributed by atoms with Crippen molar-refractivity contribution in [1.29, 1.82) is 0 Å². The van der Waals surface area contributed by atoms with E-state index < -0.39 is 18.4 Å². The van der Waals surface area contributed by atoms with Crippen molar-refractivity contribution in [3.63, 3.8) is 0 Å². The molecule has 1 N–H and O–H groups in total. The highest BCUT2D eigenvalue weighted by Crippen LogP contribution is 2.30. The second-order valence-corrected chi connectivity index (χ2v) is 6.83. The van der Waals surface area contributed by atoms with Crippen LogP contribution in [-0.4, -0.2) is 35.7 Å². The van der Waals surface area contributed by atoms with Gasteiger partial charge in [-0.1, -0.05) is 12.5 Å². The van der Waals surface area contributed by atoms with Crippen LogP contribution in [0.25, 0.3) is 0 Å². The minimum absolute atomic E-state index is 0.0292. The van der Waals surface area contributed by atoms with Crippen molar-refractivity contribution in [2.75, 3.05) is 18.4 Å². The summed E-state index contributed by atoms with van der Waals surface area (Å²) in [6.45, 7) is 1.65. The van der Waals surface area contributed by atoms with Crippen LogP contribution < -0.4 is 5.32 Å². The van der Waals surface area contributed by atoms with E-state index in [4.69, 9.17) is 0 Å². The van der Waals surface area contributed by atoms with Crippen molar-refractivity contribution in [2.24, 2.45) is 5.92 Å². The molecule has 0 radical (unpaired) electrons. The number of nitrogens with zero attached hydrogens (tertiary/aromatic N) is 1. The molecule has 1 aliphatic heterocycles. The van der Waals surface area contributed by atoms with Gasteiger partial charge in [-0.3, -0.25) is 9.59 Å². The molecule has 2 fully saturated rings. The molecule has 1 heterocycles. The maximum Gasteiger partial charge on any atom is 0.265 e. The van der Waals surface area contributed by atoms with Crippen molar-refractivity contribution in [2.45, 2.75) is 45.0 Å². The molecule has 1 saturated carbocycles. The number of anilines is 1. The van der Waals surface area contributed by atoms with E-state index in [-0.39, 0.29) is 18.2 Å². The van der Waals surface area contributed by atoms with Crippen LogP contribution in [0.4, 0.5) is 14.5 Å². The topological polar surface area (TPSA) is 49.4 Å². The lowest BCUT2D eigenvalue weighted by atomic mass is 9.84. The number of likely N-dealkylation sites (tertiary alicyclic amines) is 1. The van der Waals surface area contributed by atoms with Crippen molar-refractivity contribution < 1.29 is 18.4 Å². The summed E-state index contributed by atoms with van der Waals surface area (Å²) in [6, 6.07) is 4.97. The van der Waals surface area contributed by atoms with E-state index in [1.165, 1.54) is 4.90 Å². The van der Waals surface area contributed by atoms with E-state index in [0.717, 1.165) is 24.8 Å². The Morgan fingerprint density at radius 3 is 2.62 bits per heavy atom. The third kappa shape index (κ3) is 3.57. The van der Waals surface area contributed by atoms with Crippen LogP contribution in [0, 0.1) is 12.8 Å². The first-order valence-electron chi connectivity index (χ1n) is 8.44. The summed E-state index contributed by atoms with van der Waals surface area (Å²) in [7, 11) is 0. The number of hydrogen-bond acceptors (Lipinski definition) is 2. The van der Waals surface area contributed by atoms with Crippen LogP contribution in [0.15, 0.2) is 18.2 Å². The zero-order valence-electron chi connectivity index (χ0n) is 13.8. The molecule has 0 aromatic heterocycles. The van der Waals surface area contributed by atoms with Crippen molar-refractivity contribution in [3.8, 4) is 0 Å². The molecule has 1 aliphatic carbocycles. The number of carbonyl (C=O) groups is 2. The largest absolute Gasteiger partial charge is 0.333 e. The molecule has 0 spiro atoms. The average Bonchev–Trinajstić information content (AvgIpc) is 2.46. The van der Waals surface area contributed by atoms with Gasteiger partial charge >= 0.3 is 0 Å². The Hall–Kier alpha value is -1.98. The van der Waals surface area contributed by atoms with Gasteiger partial charge in [0.05, 0.1) is 6.54 Å². The zero-order chi connectivity index (χ0) is 17.3. The molecule has 1 aromatic rings. The molecule has 0 atom stereocenters. The average molecular weight is 336 g/mol. The van der Waals surface area contributed by atoms with Crippen molar-refractivity contribution in [1.82, 2.24) is 4.90 Å². The van der Waals surface area contributed by atoms with E-state index in [2.05, 4.69) is 5.32 Å². The first-order chi connectivity index (χ1) is 11.4. The lowest BCUT2D eigenvalue weighted by Gasteiger charge is -2.32. The maximum absolute atomic E-state index is 13.5. The van der Waals surface area contributed by atoms with E-state index >= 15 is 0 Å². The summed E-state index contributed by atoms with van der Waals surface area (Å²) < 4.78 is 27.1. The molecule has 0 unspecified atom stereocenters. The molecular formula is C18H22F2N2O2. The zero-order valence-corrected chi connectivity index (χ0v) is 13.8. The molecule has 24 heavy (non-hydrogen) atoms. The Morgan fingerprint density at radius 1 is 1.25 bits per heavy atom. The van der Waals surface area contributed by atoms with Gasteiger partial charge in [0.2, 0.25) is 5.91 Å².